The Labute approximate surface area is 149 Å². The van der Waals surface area contributed by atoms with E-state index in [0.717, 1.165) is 0 Å². The molecule has 0 aromatic heterocycles. The first-order chi connectivity index (χ1) is 12.5. The maximum absolute atomic E-state index is 12.0. The van der Waals surface area contributed by atoms with E-state index >= 15 is 0 Å². The number of aryl methyl sites for hydroxylation is 1. The van der Waals surface area contributed by atoms with Gasteiger partial charge in [0.2, 0.25) is 0 Å². The molecular weight excluding hydrogens is 340 g/mol. The van der Waals surface area contributed by atoms with Gasteiger partial charge in [-0.3, -0.25) is 14.9 Å². The normalized spacial score (nSPS) is 10.0. The molecule has 8 nitrogen and oxygen atoms in total. The molecule has 8 heteroatoms. The van der Waals surface area contributed by atoms with Crippen LogP contribution in [0.2, 0.25) is 0 Å². The minimum absolute atomic E-state index is 0.185. The van der Waals surface area contributed by atoms with Crippen LogP contribution in [0.5, 0.6) is 5.75 Å². The van der Waals surface area contributed by atoms with Crippen molar-refractivity contribution in [3.8, 4) is 5.75 Å². The van der Waals surface area contributed by atoms with Crippen molar-refractivity contribution in [2.45, 2.75) is 6.92 Å². The molecular formula is C18H18N2O6. The summed E-state index contributed by atoms with van der Waals surface area (Å²) in [5.74, 6) is -0.763. The molecule has 26 heavy (non-hydrogen) atoms. The number of hydrogen-bond acceptors (Lipinski definition) is 6. The number of ether oxygens (including phenoxy) is 2. The summed E-state index contributed by atoms with van der Waals surface area (Å²) in [7, 11) is 0. The van der Waals surface area contributed by atoms with Crippen LogP contribution in [0.4, 0.5) is 5.69 Å². The summed E-state index contributed by atoms with van der Waals surface area (Å²) in [5.41, 5.74) is -0.170. The number of nitrogens with zero attached hydrogens (tertiary/aromatic N) is 1. The number of rotatable bonds is 8. The Morgan fingerprint density at radius 3 is 2.54 bits per heavy atom. The third-order valence-corrected chi connectivity index (χ3v) is 3.41. The zero-order valence-electron chi connectivity index (χ0n) is 14.1. The summed E-state index contributed by atoms with van der Waals surface area (Å²) in [6.07, 6.45) is 0. The van der Waals surface area contributed by atoms with Gasteiger partial charge in [-0.05, 0) is 25.1 Å². The van der Waals surface area contributed by atoms with Crippen LogP contribution < -0.4 is 10.1 Å². The van der Waals surface area contributed by atoms with Crippen LogP contribution in [0.1, 0.15) is 15.9 Å². The molecule has 0 aliphatic heterocycles. The molecule has 0 heterocycles. The van der Waals surface area contributed by atoms with Crippen molar-refractivity contribution in [2.75, 3.05) is 19.8 Å². The number of para-hydroxylation sites is 2. The smallest absolute Gasteiger partial charge is 0.345 e. The predicted octanol–water partition coefficient (Wildman–Crippen LogP) is 2.26. The Bertz CT molecular complexity index is 792. The fraction of sp³-hybridized carbons (Fsp3) is 0.222. The van der Waals surface area contributed by atoms with E-state index in [1.54, 1.807) is 12.1 Å². The van der Waals surface area contributed by atoms with Crippen LogP contribution in [0.3, 0.4) is 0 Å². The van der Waals surface area contributed by atoms with Crippen molar-refractivity contribution >= 4 is 17.6 Å². The van der Waals surface area contributed by atoms with Crippen molar-refractivity contribution in [1.82, 2.24) is 5.32 Å². The molecule has 0 fully saturated rings. The van der Waals surface area contributed by atoms with E-state index in [9.17, 15) is 19.7 Å². The standard InChI is InChI=1S/C18H18N2O6/c1-13-6-5-9-15(17(13)20(23)24)18(22)26-12-16(21)19-10-11-25-14-7-3-2-4-8-14/h2-9H,10-12H2,1H3,(H,19,21). The van der Waals surface area contributed by atoms with E-state index in [-0.39, 0.29) is 24.4 Å². The van der Waals surface area contributed by atoms with E-state index < -0.39 is 23.4 Å². The fourth-order valence-electron chi connectivity index (χ4n) is 2.20. The number of nitrogens with one attached hydrogen (secondary N) is 1. The molecule has 0 bridgehead atoms. The zero-order chi connectivity index (χ0) is 18.9. The fourth-order valence-corrected chi connectivity index (χ4v) is 2.20. The summed E-state index contributed by atoms with van der Waals surface area (Å²) < 4.78 is 10.3. The highest BCUT2D eigenvalue weighted by Gasteiger charge is 2.24. The molecule has 0 unspecified atom stereocenters. The topological polar surface area (TPSA) is 108 Å². The van der Waals surface area contributed by atoms with E-state index in [1.807, 2.05) is 18.2 Å². The Kier molecular flexibility index (Phi) is 6.67. The second-order valence-corrected chi connectivity index (χ2v) is 5.32. The van der Waals surface area contributed by atoms with E-state index in [4.69, 9.17) is 9.47 Å². The number of hydrogen-bond donors (Lipinski definition) is 1. The maximum atomic E-state index is 12.0. The molecule has 2 aromatic carbocycles. The van der Waals surface area contributed by atoms with Crippen LogP contribution in [0.15, 0.2) is 48.5 Å². The zero-order valence-corrected chi connectivity index (χ0v) is 14.1. The number of nitro groups is 1. The lowest BCUT2D eigenvalue weighted by molar-refractivity contribution is -0.385. The highest BCUT2D eigenvalue weighted by molar-refractivity contribution is 5.95. The lowest BCUT2D eigenvalue weighted by Gasteiger charge is -2.09. The van der Waals surface area contributed by atoms with Crippen LogP contribution in [0, 0.1) is 17.0 Å². The van der Waals surface area contributed by atoms with Gasteiger partial charge in [-0.15, -0.1) is 0 Å². The Morgan fingerprint density at radius 2 is 1.85 bits per heavy atom. The lowest BCUT2D eigenvalue weighted by atomic mass is 10.1. The summed E-state index contributed by atoms with van der Waals surface area (Å²) in [6, 6.07) is 13.4. The Hall–Kier alpha value is -3.42. The second kappa shape index (κ2) is 9.16. The summed E-state index contributed by atoms with van der Waals surface area (Å²) in [5, 5.41) is 13.6. The average molecular weight is 358 g/mol. The first-order valence-electron chi connectivity index (χ1n) is 7.84. The van der Waals surface area contributed by atoms with Crippen LogP contribution in [0.25, 0.3) is 0 Å². The van der Waals surface area contributed by atoms with Gasteiger partial charge in [0.25, 0.3) is 11.6 Å². The number of carbonyl (C=O) groups excluding carboxylic acids is 2. The highest BCUT2D eigenvalue weighted by Crippen LogP contribution is 2.23. The van der Waals surface area contributed by atoms with Gasteiger partial charge in [0, 0.05) is 5.56 Å². The van der Waals surface area contributed by atoms with Crippen molar-refractivity contribution in [2.24, 2.45) is 0 Å². The van der Waals surface area contributed by atoms with Gasteiger partial charge in [0.15, 0.2) is 6.61 Å². The summed E-state index contributed by atoms with van der Waals surface area (Å²) in [6.45, 7) is 1.48. The van der Waals surface area contributed by atoms with Crippen molar-refractivity contribution in [3.63, 3.8) is 0 Å². The maximum Gasteiger partial charge on any atom is 0.345 e. The third kappa shape index (κ3) is 5.30. The Morgan fingerprint density at radius 1 is 1.12 bits per heavy atom. The van der Waals surface area contributed by atoms with Gasteiger partial charge in [-0.1, -0.05) is 30.3 Å². The monoisotopic (exact) mass is 358 g/mol. The van der Waals surface area contributed by atoms with E-state index in [1.165, 1.54) is 25.1 Å². The van der Waals surface area contributed by atoms with Crippen LogP contribution in [-0.2, 0) is 9.53 Å². The molecule has 0 saturated carbocycles. The molecule has 2 rings (SSSR count). The van der Waals surface area contributed by atoms with Crippen LogP contribution in [-0.4, -0.2) is 36.6 Å². The average Bonchev–Trinajstić information content (AvgIpc) is 2.63. The largest absolute Gasteiger partial charge is 0.492 e. The van der Waals surface area contributed by atoms with Gasteiger partial charge < -0.3 is 14.8 Å². The van der Waals surface area contributed by atoms with Gasteiger partial charge in [-0.2, -0.15) is 0 Å². The molecule has 136 valence electrons. The number of esters is 1. The molecule has 1 amide bonds. The molecule has 0 aliphatic carbocycles. The van der Waals surface area contributed by atoms with E-state index in [2.05, 4.69) is 5.32 Å². The highest BCUT2D eigenvalue weighted by atomic mass is 16.6. The van der Waals surface area contributed by atoms with Gasteiger partial charge in [-0.25, -0.2) is 4.79 Å². The molecule has 0 aliphatic rings. The van der Waals surface area contributed by atoms with Gasteiger partial charge in [0.05, 0.1) is 11.5 Å². The number of nitro benzene ring substituents is 1. The Balaban J connectivity index is 1.78. The summed E-state index contributed by atoms with van der Waals surface area (Å²) in [4.78, 5) is 34.1. The number of benzene rings is 2. The van der Waals surface area contributed by atoms with Crippen LogP contribution >= 0.6 is 0 Å². The minimum Gasteiger partial charge on any atom is -0.492 e. The van der Waals surface area contributed by atoms with Gasteiger partial charge >= 0.3 is 5.97 Å². The lowest BCUT2D eigenvalue weighted by Crippen LogP contribution is -2.32. The first kappa shape index (κ1) is 18.9. The third-order valence-electron chi connectivity index (χ3n) is 3.41. The van der Waals surface area contributed by atoms with Gasteiger partial charge in [0.1, 0.15) is 17.9 Å². The molecule has 0 atom stereocenters. The number of carbonyl (C=O) groups is 2. The number of amides is 1. The van der Waals surface area contributed by atoms with Crippen molar-refractivity contribution in [3.05, 3.63) is 69.8 Å². The second-order valence-electron chi connectivity index (χ2n) is 5.32. The molecule has 2 aromatic rings. The molecule has 0 radical (unpaired) electrons. The summed E-state index contributed by atoms with van der Waals surface area (Å²) >= 11 is 0. The first-order valence-corrected chi connectivity index (χ1v) is 7.84. The van der Waals surface area contributed by atoms with Crippen molar-refractivity contribution < 1.29 is 24.0 Å². The quantitative estimate of drug-likeness (QED) is 0.336. The molecule has 0 spiro atoms. The van der Waals surface area contributed by atoms with E-state index in [0.29, 0.717) is 11.3 Å². The van der Waals surface area contributed by atoms with Crippen molar-refractivity contribution in [1.29, 1.82) is 0 Å². The molecule has 1 N–H and O–H groups in total. The molecule has 0 saturated heterocycles. The minimum atomic E-state index is -0.920. The predicted molar refractivity (Wildman–Crippen MR) is 93.1 cm³/mol. The SMILES string of the molecule is Cc1cccc(C(=O)OCC(=O)NCCOc2ccccc2)c1[N+](=O)[O-].